The Morgan fingerprint density at radius 3 is 2.16 bits per heavy atom. The number of piperidine rings is 1. The molecule has 0 aliphatic carbocycles. The van der Waals surface area contributed by atoms with Gasteiger partial charge in [0.1, 0.15) is 0 Å². The van der Waals surface area contributed by atoms with Crippen LogP contribution in [0.2, 0.25) is 0 Å². The van der Waals surface area contributed by atoms with Crippen molar-refractivity contribution in [2.24, 2.45) is 5.92 Å². The summed E-state index contributed by atoms with van der Waals surface area (Å²) in [4.78, 5) is 2.64. The molecule has 1 unspecified atom stereocenters. The molecule has 1 heterocycles. The van der Waals surface area contributed by atoms with Gasteiger partial charge in [0.05, 0.1) is 0 Å². The van der Waals surface area contributed by atoms with Crippen molar-refractivity contribution < 1.29 is 0 Å². The van der Waals surface area contributed by atoms with Crippen LogP contribution in [0.5, 0.6) is 0 Å². The normalized spacial score (nSPS) is 18.7. The van der Waals surface area contributed by atoms with E-state index in [0.717, 1.165) is 5.92 Å². The lowest BCUT2D eigenvalue weighted by Gasteiger charge is -2.29. The van der Waals surface area contributed by atoms with Crippen LogP contribution < -0.4 is 0 Å². The third kappa shape index (κ3) is 4.65. The predicted octanol–water partition coefficient (Wildman–Crippen LogP) is 4.47. The Bertz CT molecular complexity index is 360. The Kier molecular flexibility index (Phi) is 5.45. The van der Waals surface area contributed by atoms with E-state index in [0.29, 0.717) is 5.92 Å². The monoisotopic (exact) mass is 259 g/mol. The van der Waals surface area contributed by atoms with E-state index in [9.17, 15) is 0 Å². The van der Waals surface area contributed by atoms with E-state index in [1.807, 2.05) is 0 Å². The average Bonchev–Trinajstić information content (AvgIpc) is 2.40. The molecule has 2 rings (SSSR count). The lowest BCUT2D eigenvalue weighted by molar-refractivity contribution is 0.219. The molecule has 1 saturated heterocycles. The highest BCUT2D eigenvalue weighted by molar-refractivity contribution is 5.25. The molecule has 1 fully saturated rings. The third-order valence-corrected chi connectivity index (χ3v) is 4.17. The summed E-state index contributed by atoms with van der Waals surface area (Å²) in [7, 11) is 0. The molecule has 0 spiro atoms. The molecule has 1 atom stereocenters. The SMILES string of the molecule is CC(C)Cc1ccc(C(C)CN2CCCCC2)cc1. The second kappa shape index (κ2) is 7.09. The first kappa shape index (κ1) is 14.6. The highest BCUT2D eigenvalue weighted by atomic mass is 15.1. The van der Waals surface area contributed by atoms with Gasteiger partial charge in [-0.05, 0) is 55.3 Å². The van der Waals surface area contributed by atoms with Gasteiger partial charge in [0.2, 0.25) is 0 Å². The summed E-state index contributed by atoms with van der Waals surface area (Å²) in [5, 5.41) is 0. The van der Waals surface area contributed by atoms with E-state index < -0.39 is 0 Å². The average molecular weight is 259 g/mol. The molecular weight excluding hydrogens is 230 g/mol. The minimum atomic E-state index is 0.659. The Morgan fingerprint density at radius 1 is 0.947 bits per heavy atom. The van der Waals surface area contributed by atoms with Crippen LogP contribution in [-0.2, 0) is 6.42 Å². The zero-order valence-corrected chi connectivity index (χ0v) is 12.9. The van der Waals surface area contributed by atoms with Gasteiger partial charge in [0.25, 0.3) is 0 Å². The van der Waals surface area contributed by atoms with Crippen molar-refractivity contribution in [1.29, 1.82) is 0 Å². The van der Waals surface area contributed by atoms with Crippen molar-refractivity contribution in [2.45, 2.75) is 52.4 Å². The third-order valence-electron chi connectivity index (χ3n) is 4.17. The van der Waals surface area contributed by atoms with Crippen LogP contribution in [0.3, 0.4) is 0 Å². The molecule has 106 valence electrons. The van der Waals surface area contributed by atoms with Crippen LogP contribution in [0, 0.1) is 5.92 Å². The summed E-state index contributed by atoms with van der Waals surface area (Å²) < 4.78 is 0. The molecule has 1 nitrogen and oxygen atoms in total. The lowest BCUT2D eigenvalue weighted by Crippen LogP contribution is -2.32. The van der Waals surface area contributed by atoms with Gasteiger partial charge >= 0.3 is 0 Å². The Balaban J connectivity index is 1.89. The van der Waals surface area contributed by atoms with Crippen LogP contribution >= 0.6 is 0 Å². The van der Waals surface area contributed by atoms with E-state index in [1.54, 1.807) is 0 Å². The summed E-state index contributed by atoms with van der Waals surface area (Å²) in [6.45, 7) is 10.8. The first-order chi connectivity index (χ1) is 9.15. The Hall–Kier alpha value is -0.820. The van der Waals surface area contributed by atoms with Gasteiger partial charge in [-0.1, -0.05) is 51.5 Å². The largest absolute Gasteiger partial charge is 0.303 e. The van der Waals surface area contributed by atoms with Gasteiger partial charge < -0.3 is 4.90 Å². The van der Waals surface area contributed by atoms with Crippen molar-refractivity contribution in [3.8, 4) is 0 Å². The summed E-state index contributed by atoms with van der Waals surface area (Å²) in [6, 6.07) is 9.32. The number of likely N-dealkylation sites (tertiary alicyclic amines) is 1. The second-order valence-electron chi connectivity index (χ2n) is 6.60. The maximum absolute atomic E-state index is 2.64. The topological polar surface area (TPSA) is 3.24 Å². The number of rotatable bonds is 5. The van der Waals surface area contributed by atoms with Crippen LogP contribution in [0.1, 0.15) is 57.1 Å². The summed E-state index contributed by atoms with van der Waals surface area (Å²) >= 11 is 0. The van der Waals surface area contributed by atoms with Crippen LogP contribution in [0.25, 0.3) is 0 Å². The second-order valence-corrected chi connectivity index (χ2v) is 6.60. The Morgan fingerprint density at radius 2 is 1.58 bits per heavy atom. The van der Waals surface area contributed by atoms with Crippen molar-refractivity contribution >= 4 is 0 Å². The highest BCUT2D eigenvalue weighted by Crippen LogP contribution is 2.20. The molecule has 0 aromatic heterocycles. The highest BCUT2D eigenvalue weighted by Gasteiger charge is 2.14. The van der Waals surface area contributed by atoms with E-state index in [-0.39, 0.29) is 0 Å². The smallest absolute Gasteiger partial charge is 0.00476 e. The molecule has 0 amide bonds. The van der Waals surface area contributed by atoms with Gasteiger partial charge in [0, 0.05) is 6.54 Å². The fraction of sp³-hybridized carbons (Fsp3) is 0.667. The molecule has 0 radical (unpaired) electrons. The van der Waals surface area contributed by atoms with Crippen molar-refractivity contribution in [3.63, 3.8) is 0 Å². The molecule has 0 saturated carbocycles. The number of hydrogen-bond donors (Lipinski definition) is 0. The minimum Gasteiger partial charge on any atom is -0.303 e. The summed E-state index contributed by atoms with van der Waals surface area (Å²) in [5.74, 6) is 1.41. The number of hydrogen-bond acceptors (Lipinski definition) is 1. The van der Waals surface area contributed by atoms with Crippen molar-refractivity contribution in [3.05, 3.63) is 35.4 Å². The fourth-order valence-corrected chi connectivity index (χ4v) is 3.09. The van der Waals surface area contributed by atoms with E-state index in [2.05, 4.69) is 49.9 Å². The zero-order chi connectivity index (χ0) is 13.7. The molecule has 1 aromatic carbocycles. The van der Waals surface area contributed by atoms with Crippen LogP contribution in [-0.4, -0.2) is 24.5 Å². The maximum atomic E-state index is 2.64. The van der Waals surface area contributed by atoms with Crippen molar-refractivity contribution in [2.75, 3.05) is 19.6 Å². The molecule has 0 N–H and O–H groups in total. The molecule has 1 aromatic rings. The van der Waals surface area contributed by atoms with Crippen LogP contribution in [0.15, 0.2) is 24.3 Å². The summed E-state index contributed by atoms with van der Waals surface area (Å²) in [5.41, 5.74) is 2.97. The fourth-order valence-electron chi connectivity index (χ4n) is 3.09. The van der Waals surface area contributed by atoms with Crippen molar-refractivity contribution in [1.82, 2.24) is 4.90 Å². The zero-order valence-electron chi connectivity index (χ0n) is 12.9. The van der Waals surface area contributed by atoms with Crippen LogP contribution in [0.4, 0.5) is 0 Å². The molecule has 1 heteroatoms. The van der Waals surface area contributed by atoms with Gasteiger partial charge in [-0.15, -0.1) is 0 Å². The van der Waals surface area contributed by atoms with Gasteiger partial charge in [0.15, 0.2) is 0 Å². The molecular formula is C18H29N. The van der Waals surface area contributed by atoms with Gasteiger partial charge in [-0.25, -0.2) is 0 Å². The molecule has 0 bridgehead atoms. The van der Waals surface area contributed by atoms with E-state index >= 15 is 0 Å². The number of nitrogens with zero attached hydrogens (tertiary/aromatic N) is 1. The quantitative estimate of drug-likeness (QED) is 0.754. The number of benzene rings is 1. The van der Waals surface area contributed by atoms with Gasteiger partial charge in [-0.2, -0.15) is 0 Å². The van der Waals surface area contributed by atoms with E-state index in [4.69, 9.17) is 0 Å². The predicted molar refractivity (Wildman–Crippen MR) is 83.7 cm³/mol. The van der Waals surface area contributed by atoms with E-state index in [1.165, 1.54) is 56.4 Å². The minimum absolute atomic E-state index is 0.659. The standard InChI is InChI=1S/C18H29N/c1-15(2)13-17-7-9-18(10-8-17)16(3)14-19-11-5-4-6-12-19/h7-10,15-16H,4-6,11-14H2,1-3H3. The molecule has 1 aliphatic heterocycles. The Labute approximate surface area is 119 Å². The van der Waals surface area contributed by atoms with Gasteiger partial charge in [-0.3, -0.25) is 0 Å². The maximum Gasteiger partial charge on any atom is 0.00476 e. The lowest BCUT2D eigenvalue weighted by atomic mass is 9.96. The first-order valence-corrected chi connectivity index (χ1v) is 7.96. The molecule has 1 aliphatic rings. The molecule has 19 heavy (non-hydrogen) atoms. The summed E-state index contributed by atoms with van der Waals surface area (Å²) in [6.07, 6.45) is 5.40. The first-order valence-electron chi connectivity index (χ1n) is 7.96.